The van der Waals surface area contributed by atoms with Gasteiger partial charge in [-0.3, -0.25) is 0 Å². The molecule has 1 aromatic rings. The van der Waals surface area contributed by atoms with Crippen molar-refractivity contribution < 1.29 is 5.11 Å². The highest BCUT2D eigenvalue weighted by molar-refractivity contribution is 6.88. The topological polar surface area (TPSA) is 20.2 Å². The standard InChI is InChI=1S/C10H16OSi/c1-8-5-9(11)7-10(6-8)12(2,3)4/h5-7,11H,1-4H3. The molecular formula is C10H16OSi. The minimum absolute atomic E-state index is 0.396. The average Bonchev–Trinajstić information content (AvgIpc) is 1.82. The lowest BCUT2D eigenvalue weighted by atomic mass is 10.2. The Morgan fingerprint density at radius 1 is 1.08 bits per heavy atom. The van der Waals surface area contributed by atoms with Crippen LogP contribution in [0.1, 0.15) is 5.56 Å². The van der Waals surface area contributed by atoms with Crippen molar-refractivity contribution in [1.29, 1.82) is 0 Å². The molecule has 0 heterocycles. The number of hydrogen-bond acceptors (Lipinski definition) is 1. The molecule has 1 aromatic carbocycles. The van der Waals surface area contributed by atoms with Gasteiger partial charge in [-0.05, 0) is 24.6 Å². The number of benzene rings is 1. The van der Waals surface area contributed by atoms with Crippen LogP contribution in [-0.4, -0.2) is 13.2 Å². The van der Waals surface area contributed by atoms with Crippen molar-refractivity contribution in [1.82, 2.24) is 0 Å². The average molecular weight is 180 g/mol. The van der Waals surface area contributed by atoms with Crippen LogP contribution in [0.5, 0.6) is 5.75 Å². The second-order valence-electron chi connectivity index (χ2n) is 4.31. The Balaban J connectivity index is 3.18. The molecule has 0 spiro atoms. The fraction of sp³-hybridized carbons (Fsp3) is 0.400. The highest BCUT2D eigenvalue weighted by Gasteiger charge is 2.16. The van der Waals surface area contributed by atoms with E-state index in [0.29, 0.717) is 5.75 Å². The Hall–Kier alpha value is -0.763. The summed E-state index contributed by atoms with van der Waals surface area (Å²) >= 11 is 0. The molecule has 1 N–H and O–H groups in total. The van der Waals surface area contributed by atoms with E-state index in [0.717, 1.165) is 5.56 Å². The maximum Gasteiger partial charge on any atom is 0.115 e. The third-order valence-corrected chi connectivity index (χ3v) is 3.95. The number of hydrogen-bond donors (Lipinski definition) is 1. The van der Waals surface area contributed by atoms with Gasteiger partial charge in [0.15, 0.2) is 0 Å². The van der Waals surface area contributed by atoms with E-state index in [1.54, 1.807) is 6.07 Å². The smallest absolute Gasteiger partial charge is 0.115 e. The fourth-order valence-electron chi connectivity index (χ4n) is 1.20. The summed E-state index contributed by atoms with van der Waals surface area (Å²) in [7, 11) is -1.26. The Labute approximate surface area is 75.1 Å². The van der Waals surface area contributed by atoms with Crippen molar-refractivity contribution in [3.05, 3.63) is 23.8 Å². The van der Waals surface area contributed by atoms with E-state index in [1.165, 1.54) is 5.19 Å². The van der Waals surface area contributed by atoms with E-state index < -0.39 is 8.07 Å². The van der Waals surface area contributed by atoms with Crippen LogP contribution in [0.25, 0.3) is 0 Å². The van der Waals surface area contributed by atoms with Crippen LogP contribution in [0.4, 0.5) is 0 Å². The molecule has 1 nitrogen and oxygen atoms in total. The van der Waals surface area contributed by atoms with Gasteiger partial charge in [-0.25, -0.2) is 0 Å². The highest BCUT2D eigenvalue weighted by Crippen LogP contribution is 2.12. The third-order valence-electron chi connectivity index (χ3n) is 1.93. The lowest BCUT2D eigenvalue weighted by molar-refractivity contribution is 0.475. The molecule has 0 fully saturated rings. The number of aromatic hydroxyl groups is 1. The van der Waals surface area contributed by atoms with Crippen LogP contribution in [0, 0.1) is 6.92 Å². The minimum Gasteiger partial charge on any atom is -0.508 e. The van der Waals surface area contributed by atoms with E-state index in [-0.39, 0.29) is 0 Å². The zero-order valence-electron chi connectivity index (χ0n) is 8.18. The predicted molar refractivity (Wildman–Crippen MR) is 55.8 cm³/mol. The molecule has 0 saturated carbocycles. The molecule has 0 atom stereocenters. The van der Waals surface area contributed by atoms with Gasteiger partial charge in [-0.1, -0.05) is 30.9 Å². The summed E-state index contributed by atoms with van der Waals surface area (Å²) in [4.78, 5) is 0. The molecule has 0 radical (unpaired) electrons. The van der Waals surface area contributed by atoms with Crippen molar-refractivity contribution in [3.63, 3.8) is 0 Å². The first kappa shape index (κ1) is 9.33. The molecule has 0 bridgehead atoms. The van der Waals surface area contributed by atoms with Gasteiger partial charge in [-0.2, -0.15) is 0 Å². The van der Waals surface area contributed by atoms with E-state index in [4.69, 9.17) is 0 Å². The van der Waals surface area contributed by atoms with Crippen LogP contribution >= 0.6 is 0 Å². The summed E-state index contributed by atoms with van der Waals surface area (Å²) in [5.74, 6) is 0.396. The second-order valence-corrected chi connectivity index (χ2v) is 9.38. The molecule has 0 aliphatic rings. The molecule has 12 heavy (non-hydrogen) atoms. The van der Waals surface area contributed by atoms with Gasteiger partial charge in [0.2, 0.25) is 0 Å². The van der Waals surface area contributed by atoms with E-state index in [1.807, 2.05) is 13.0 Å². The van der Waals surface area contributed by atoms with Crippen molar-refractivity contribution in [2.75, 3.05) is 0 Å². The number of phenolic OH excluding ortho intramolecular Hbond substituents is 1. The molecule has 2 heteroatoms. The Kier molecular flexibility index (Phi) is 2.28. The molecule has 0 aliphatic carbocycles. The van der Waals surface area contributed by atoms with Gasteiger partial charge in [0.1, 0.15) is 5.75 Å². The van der Waals surface area contributed by atoms with Crippen LogP contribution in [0.15, 0.2) is 18.2 Å². The first-order valence-electron chi connectivity index (χ1n) is 4.21. The quantitative estimate of drug-likeness (QED) is 0.657. The zero-order chi connectivity index (χ0) is 9.35. The normalized spacial score (nSPS) is 11.7. The van der Waals surface area contributed by atoms with E-state index in [9.17, 15) is 5.11 Å². The third kappa shape index (κ3) is 2.11. The fourth-order valence-corrected chi connectivity index (χ4v) is 2.44. The molecule has 0 amide bonds. The van der Waals surface area contributed by atoms with Gasteiger partial charge in [0.05, 0.1) is 8.07 Å². The first-order chi connectivity index (χ1) is 5.39. The van der Waals surface area contributed by atoms with E-state index in [2.05, 4.69) is 25.7 Å². The summed E-state index contributed by atoms with van der Waals surface area (Å²) in [5, 5.41) is 10.7. The van der Waals surface area contributed by atoms with Crippen LogP contribution < -0.4 is 5.19 Å². The SMILES string of the molecule is Cc1cc(O)cc([Si](C)(C)C)c1. The Morgan fingerprint density at radius 2 is 1.67 bits per heavy atom. The summed E-state index contributed by atoms with van der Waals surface area (Å²) in [6, 6.07) is 5.86. The van der Waals surface area contributed by atoms with Crippen molar-refractivity contribution in [2.24, 2.45) is 0 Å². The summed E-state index contributed by atoms with van der Waals surface area (Å²) in [5.41, 5.74) is 1.15. The zero-order valence-corrected chi connectivity index (χ0v) is 9.18. The lowest BCUT2D eigenvalue weighted by Gasteiger charge is -2.17. The Bertz CT molecular complexity index is 266. The molecule has 1 rings (SSSR count). The molecule has 0 unspecified atom stereocenters. The summed E-state index contributed by atoms with van der Waals surface area (Å²) < 4.78 is 0. The van der Waals surface area contributed by atoms with Crippen molar-refractivity contribution in [3.8, 4) is 5.75 Å². The number of aryl methyl sites for hydroxylation is 1. The molecule has 0 aromatic heterocycles. The maximum atomic E-state index is 9.38. The second kappa shape index (κ2) is 2.94. The lowest BCUT2D eigenvalue weighted by Crippen LogP contribution is -2.37. The molecule has 66 valence electrons. The van der Waals surface area contributed by atoms with Gasteiger partial charge in [0, 0.05) is 0 Å². The van der Waals surface area contributed by atoms with Gasteiger partial charge >= 0.3 is 0 Å². The van der Waals surface area contributed by atoms with Gasteiger partial charge < -0.3 is 5.11 Å². The molecular weight excluding hydrogens is 164 g/mol. The van der Waals surface area contributed by atoms with Gasteiger partial charge in [0.25, 0.3) is 0 Å². The Morgan fingerprint density at radius 3 is 2.08 bits per heavy atom. The van der Waals surface area contributed by atoms with E-state index >= 15 is 0 Å². The van der Waals surface area contributed by atoms with Crippen LogP contribution in [0.2, 0.25) is 19.6 Å². The monoisotopic (exact) mass is 180 g/mol. The van der Waals surface area contributed by atoms with Crippen molar-refractivity contribution >= 4 is 13.3 Å². The molecule has 0 aliphatic heterocycles. The number of rotatable bonds is 1. The van der Waals surface area contributed by atoms with Crippen LogP contribution in [0.3, 0.4) is 0 Å². The first-order valence-corrected chi connectivity index (χ1v) is 7.71. The largest absolute Gasteiger partial charge is 0.508 e. The molecule has 0 saturated heterocycles. The summed E-state index contributed by atoms with van der Waals surface area (Å²) in [6.45, 7) is 8.85. The number of phenols is 1. The maximum absolute atomic E-state index is 9.38. The van der Waals surface area contributed by atoms with Gasteiger partial charge in [-0.15, -0.1) is 0 Å². The minimum atomic E-state index is -1.26. The highest BCUT2D eigenvalue weighted by atomic mass is 28.3. The summed E-state index contributed by atoms with van der Waals surface area (Å²) in [6.07, 6.45) is 0. The van der Waals surface area contributed by atoms with Crippen molar-refractivity contribution in [2.45, 2.75) is 26.6 Å². The predicted octanol–water partition coefficient (Wildman–Crippen LogP) is 2.25. The van der Waals surface area contributed by atoms with Crippen LogP contribution in [-0.2, 0) is 0 Å².